The van der Waals surface area contributed by atoms with Crippen LogP contribution in [0.3, 0.4) is 0 Å². The van der Waals surface area contributed by atoms with E-state index < -0.39 is 14.9 Å². The van der Waals surface area contributed by atoms with Crippen LogP contribution in [0.25, 0.3) is 0 Å². The van der Waals surface area contributed by atoms with E-state index in [0.29, 0.717) is 22.3 Å². The van der Waals surface area contributed by atoms with E-state index in [1.54, 1.807) is 0 Å². The largest absolute Gasteiger partial charge is 0.357 e. The quantitative estimate of drug-likeness (QED) is 0.332. The first-order valence-corrected chi connectivity index (χ1v) is 10.8. The fraction of sp³-hybridized carbons (Fsp3) is 0.533. The van der Waals surface area contributed by atoms with Crippen molar-refractivity contribution in [2.45, 2.75) is 35.5 Å². The average Bonchev–Trinajstić information content (AvgIpc) is 3.28. The van der Waals surface area contributed by atoms with Gasteiger partial charge >= 0.3 is 0 Å². The van der Waals surface area contributed by atoms with E-state index in [1.165, 1.54) is 16.4 Å². The van der Waals surface area contributed by atoms with Crippen molar-refractivity contribution in [3.8, 4) is 0 Å². The number of sulfonamides is 1. The van der Waals surface area contributed by atoms with E-state index in [9.17, 15) is 18.5 Å². The maximum absolute atomic E-state index is 12.6. The third kappa shape index (κ3) is 3.97. The summed E-state index contributed by atoms with van der Waals surface area (Å²) in [6, 6.07) is 4.09. The summed E-state index contributed by atoms with van der Waals surface area (Å²) < 4.78 is 27.2. The van der Waals surface area contributed by atoms with Crippen LogP contribution in [0, 0.1) is 10.1 Å². The molecule has 0 spiro atoms. The van der Waals surface area contributed by atoms with Crippen molar-refractivity contribution < 1.29 is 13.3 Å². The van der Waals surface area contributed by atoms with Gasteiger partial charge in [0.15, 0.2) is 0 Å². The highest BCUT2D eigenvalue weighted by Gasteiger charge is 2.30. The number of hydrogen-bond donors (Lipinski definition) is 0. The number of nitrogens with zero attached hydrogens (tertiary/aromatic N) is 3. The number of nitro benzene ring substituents is 1. The summed E-state index contributed by atoms with van der Waals surface area (Å²) in [5, 5.41) is 11.5. The van der Waals surface area contributed by atoms with E-state index in [4.69, 9.17) is 12.2 Å². The minimum atomic E-state index is -3.68. The molecule has 0 saturated carbocycles. The van der Waals surface area contributed by atoms with Crippen LogP contribution in [0.2, 0.25) is 0 Å². The monoisotopic (exact) mass is 401 g/mol. The molecule has 136 valence electrons. The number of benzene rings is 1. The van der Waals surface area contributed by atoms with Gasteiger partial charge in [-0.1, -0.05) is 24.0 Å². The van der Waals surface area contributed by atoms with Gasteiger partial charge in [-0.3, -0.25) is 10.1 Å². The summed E-state index contributed by atoms with van der Waals surface area (Å²) in [6.07, 6.45) is 3.77. The van der Waals surface area contributed by atoms with Crippen LogP contribution in [-0.2, 0) is 10.0 Å². The van der Waals surface area contributed by atoms with Crippen molar-refractivity contribution in [2.24, 2.45) is 0 Å². The van der Waals surface area contributed by atoms with Crippen LogP contribution in [0.1, 0.15) is 25.7 Å². The van der Waals surface area contributed by atoms with Crippen molar-refractivity contribution >= 4 is 44.0 Å². The van der Waals surface area contributed by atoms with Crippen molar-refractivity contribution in [1.82, 2.24) is 9.21 Å². The fourth-order valence-electron chi connectivity index (χ4n) is 3.02. The van der Waals surface area contributed by atoms with Crippen LogP contribution >= 0.6 is 24.0 Å². The molecule has 0 bridgehead atoms. The van der Waals surface area contributed by atoms with Crippen LogP contribution in [0.5, 0.6) is 0 Å². The molecular weight excluding hydrogens is 382 g/mol. The molecule has 10 heteroatoms. The Morgan fingerprint density at radius 3 is 2.32 bits per heavy atom. The standard InChI is InChI=1S/C15H19N3O4S3/c19-18(20)13-11-12(25(21,22)17-9-3-4-10-17)5-6-14(13)24-15(23)16-7-1-2-8-16/h5-6,11H,1-4,7-10H2. The van der Waals surface area contributed by atoms with Gasteiger partial charge in [0.1, 0.15) is 4.32 Å². The highest BCUT2D eigenvalue weighted by Crippen LogP contribution is 2.35. The molecule has 0 N–H and O–H groups in total. The number of nitro groups is 1. The maximum atomic E-state index is 12.6. The Bertz CT molecular complexity index is 785. The van der Waals surface area contributed by atoms with Crippen molar-refractivity contribution in [3.05, 3.63) is 28.3 Å². The number of likely N-dealkylation sites (tertiary alicyclic amines) is 1. The lowest BCUT2D eigenvalue weighted by Gasteiger charge is -2.18. The number of hydrogen-bond acceptors (Lipinski definition) is 6. The summed E-state index contributed by atoms with van der Waals surface area (Å²) in [5.74, 6) is 0. The molecule has 3 rings (SSSR count). The van der Waals surface area contributed by atoms with Crippen LogP contribution in [0.15, 0.2) is 28.0 Å². The molecule has 0 aliphatic carbocycles. The summed E-state index contributed by atoms with van der Waals surface area (Å²) in [5.41, 5.74) is -0.216. The molecule has 0 unspecified atom stereocenters. The minimum Gasteiger partial charge on any atom is -0.357 e. The van der Waals surface area contributed by atoms with Gasteiger partial charge in [-0.05, 0) is 37.8 Å². The minimum absolute atomic E-state index is 0.0301. The van der Waals surface area contributed by atoms with E-state index >= 15 is 0 Å². The van der Waals surface area contributed by atoms with Gasteiger partial charge in [0.05, 0.1) is 14.7 Å². The lowest BCUT2D eigenvalue weighted by molar-refractivity contribution is -0.387. The first-order chi connectivity index (χ1) is 11.9. The van der Waals surface area contributed by atoms with Crippen molar-refractivity contribution in [3.63, 3.8) is 0 Å². The highest BCUT2D eigenvalue weighted by molar-refractivity contribution is 8.23. The van der Waals surface area contributed by atoms with E-state index in [0.717, 1.165) is 56.6 Å². The number of thiocarbonyl (C=S) groups is 1. The molecule has 25 heavy (non-hydrogen) atoms. The predicted octanol–water partition coefficient (Wildman–Crippen LogP) is 2.85. The molecule has 1 aromatic carbocycles. The third-order valence-corrected chi connectivity index (χ3v) is 7.79. The fourth-order valence-corrected chi connectivity index (χ4v) is 5.89. The van der Waals surface area contributed by atoms with Crippen LogP contribution < -0.4 is 0 Å². The molecule has 2 fully saturated rings. The second-order valence-corrected chi connectivity index (χ2v) is 9.67. The zero-order valence-corrected chi connectivity index (χ0v) is 16.0. The van der Waals surface area contributed by atoms with Crippen LogP contribution in [0.4, 0.5) is 5.69 Å². The van der Waals surface area contributed by atoms with E-state index in [2.05, 4.69) is 0 Å². The Morgan fingerprint density at radius 2 is 1.72 bits per heavy atom. The van der Waals surface area contributed by atoms with E-state index in [-0.39, 0.29) is 10.6 Å². The third-order valence-electron chi connectivity index (χ3n) is 4.39. The van der Waals surface area contributed by atoms with Gasteiger partial charge in [-0.2, -0.15) is 4.31 Å². The molecular formula is C15H19N3O4S3. The topological polar surface area (TPSA) is 83.8 Å². The van der Waals surface area contributed by atoms with Crippen molar-refractivity contribution in [1.29, 1.82) is 0 Å². The molecule has 2 heterocycles. The Kier molecular flexibility index (Phi) is 5.62. The summed E-state index contributed by atoms with van der Waals surface area (Å²) >= 11 is 6.53. The summed E-state index contributed by atoms with van der Waals surface area (Å²) in [7, 11) is -3.68. The van der Waals surface area contributed by atoms with Gasteiger partial charge < -0.3 is 4.90 Å². The smallest absolute Gasteiger partial charge is 0.284 e. The second-order valence-electron chi connectivity index (χ2n) is 6.06. The summed E-state index contributed by atoms with van der Waals surface area (Å²) in [6.45, 7) is 2.65. The second kappa shape index (κ2) is 7.56. The van der Waals surface area contributed by atoms with Gasteiger partial charge in [-0.15, -0.1) is 0 Å². The Morgan fingerprint density at radius 1 is 1.12 bits per heavy atom. The van der Waals surface area contributed by atoms with Gasteiger partial charge in [0, 0.05) is 32.2 Å². The summed E-state index contributed by atoms with van der Waals surface area (Å²) in [4.78, 5) is 13.3. The SMILES string of the molecule is O=[N+]([O-])c1cc(S(=O)(=O)N2CCCC2)ccc1SC(=S)N1CCCC1. The first-order valence-electron chi connectivity index (χ1n) is 8.15. The van der Waals surface area contributed by atoms with Gasteiger partial charge in [0.2, 0.25) is 10.0 Å². The Hall–Kier alpha value is -1.23. The predicted molar refractivity (Wildman–Crippen MR) is 100 cm³/mol. The Balaban J connectivity index is 1.87. The lowest BCUT2D eigenvalue weighted by atomic mass is 10.3. The number of rotatable bonds is 4. The van der Waals surface area contributed by atoms with Gasteiger partial charge in [0.25, 0.3) is 5.69 Å². The molecule has 7 nitrogen and oxygen atoms in total. The molecule has 0 amide bonds. The molecule has 2 aliphatic heterocycles. The zero-order valence-electron chi connectivity index (χ0n) is 13.6. The highest BCUT2D eigenvalue weighted by atomic mass is 32.2. The number of thioether (sulfide) groups is 1. The first kappa shape index (κ1) is 18.6. The lowest BCUT2D eigenvalue weighted by Crippen LogP contribution is -2.28. The molecule has 2 aliphatic rings. The van der Waals surface area contributed by atoms with Crippen molar-refractivity contribution in [2.75, 3.05) is 26.2 Å². The normalized spacial score (nSPS) is 18.6. The molecule has 0 aromatic heterocycles. The van der Waals surface area contributed by atoms with E-state index in [1.807, 2.05) is 4.90 Å². The Labute approximate surface area is 156 Å². The average molecular weight is 402 g/mol. The van der Waals surface area contributed by atoms with Gasteiger partial charge in [-0.25, -0.2) is 8.42 Å². The maximum Gasteiger partial charge on any atom is 0.284 e. The molecule has 0 radical (unpaired) electrons. The molecule has 0 atom stereocenters. The van der Waals surface area contributed by atoms with Crippen LogP contribution in [-0.4, -0.2) is 53.0 Å². The molecule has 1 aromatic rings. The molecule has 2 saturated heterocycles. The zero-order chi connectivity index (χ0) is 18.0.